The van der Waals surface area contributed by atoms with Crippen LogP contribution in [0.1, 0.15) is 38.5 Å². The van der Waals surface area contributed by atoms with Crippen LogP contribution < -0.4 is 5.69 Å². The Hall–Kier alpha value is -2.11. The maximum absolute atomic E-state index is 12.8. The number of hydrogen-bond acceptors (Lipinski definition) is 4. The van der Waals surface area contributed by atoms with Crippen LogP contribution >= 0.6 is 0 Å². The summed E-state index contributed by atoms with van der Waals surface area (Å²) in [5, 5.41) is 4.28. The summed E-state index contributed by atoms with van der Waals surface area (Å²) in [5.74, 6) is 2.13. The number of hydrogen-bond donors (Lipinski definition) is 0. The van der Waals surface area contributed by atoms with E-state index in [1.807, 2.05) is 6.07 Å². The van der Waals surface area contributed by atoms with Crippen molar-refractivity contribution in [3.05, 3.63) is 34.9 Å². The molecule has 4 fully saturated rings. The van der Waals surface area contributed by atoms with Crippen LogP contribution in [0.25, 0.3) is 5.65 Å². The van der Waals surface area contributed by atoms with Gasteiger partial charge in [0.1, 0.15) is 6.61 Å². The first-order chi connectivity index (χ1) is 12.1. The highest BCUT2D eigenvalue weighted by Crippen LogP contribution is 2.60. The van der Waals surface area contributed by atoms with Crippen molar-refractivity contribution >= 4 is 11.6 Å². The fourth-order valence-corrected chi connectivity index (χ4v) is 5.85. The third kappa shape index (κ3) is 2.41. The average Bonchev–Trinajstić information content (AvgIpc) is 2.90. The third-order valence-corrected chi connectivity index (χ3v) is 6.50. The molecular formula is C19H23N3O3. The van der Waals surface area contributed by atoms with Gasteiger partial charge in [0.05, 0.1) is 12.0 Å². The molecule has 6 rings (SSSR count). The predicted molar refractivity (Wildman–Crippen MR) is 91.0 cm³/mol. The molecular weight excluding hydrogens is 318 g/mol. The zero-order valence-corrected chi connectivity index (χ0v) is 14.3. The minimum absolute atomic E-state index is 0.0385. The van der Waals surface area contributed by atoms with E-state index in [1.54, 1.807) is 18.3 Å². The summed E-state index contributed by atoms with van der Waals surface area (Å²) in [6.45, 7) is 0.517. The largest absolute Gasteiger partial charge is 0.463 e. The van der Waals surface area contributed by atoms with Crippen molar-refractivity contribution < 1.29 is 9.53 Å². The van der Waals surface area contributed by atoms with Gasteiger partial charge in [0.2, 0.25) is 0 Å². The van der Waals surface area contributed by atoms with E-state index in [9.17, 15) is 9.59 Å². The highest BCUT2D eigenvalue weighted by atomic mass is 16.5. The molecule has 2 aromatic heterocycles. The SMILES string of the molecule is O=C(OCCn1nc2ccccn2c1=O)C12CC3CC(CC(C3)C1)C2. The van der Waals surface area contributed by atoms with Gasteiger partial charge < -0.3 is 4.74 Å². The highest BCUT2D eigenvalue weighted by Gasteiger charge is 2.55. The van der Waals surface area contributed by atoms with Gasteiger partial charge in [-0.05, 0) is 68.4 Å². The van der Waals surface area contributed by atoms with Crippen molar-refractivity contribution in [1.29, 1.82) is 0 Å². The predicted octanol–water partition coefficient (Wildman–Crippen LogP) is 2.26. The second-order valence-electron chi connectivity index (χ2n) is 8.27. The molecule has 0 spiro atoms. The molecule has 0 aromatic carbocycles. The van der Waals surface area contributed by atoms with Crippen LogP contribution in [0.3, 0.4) is 0 Å². The van der Waals surface area contributed by atoms with Crippen LogP contribution in [0.4, 0.5) is 0 Å². The maximum atomic E-state index is 12.8. The normalized spacial score (nSPS) is 33.0. The van der Waals surface area contributed by atoms with Crippen LogP contribution in [0.5, 0.6) is 0 Å². The van der Waals surface area contributed by atoms with E-state index in [2.05, 4.69) is 5.10 Å². The lowest BCUT2D eigenvalue weighted by Crippen LogP contribution is -2.50. The van der Waals surface area contributed by atoms with E-state index in [-0.39, 0.29) is 23.7 Å². The number of rotatable bonds is 4. The maximum Gasteiger partial charge on any atom is 0.350 e. The lowest BCUT2D eigenvalue weighted by molar-refractivity contribution is -0.171. The number of carbonyl (C=O) groups excluding carboxylic acids is 1. The Morgan fingerprint density at radius 3 is 2.48 bits per heavy atom. The smallest absolute Gasteiger partial charge is 0.350 e. The zero-order valence-electron chi connectivity index (χ0n) is 14.3. The molecule has 0 amide bonds. The Labute approximate surface area is 145 Å². The molecule has 132 valence electrons. The van der Waals surface area contributed by atoms with Gasteiger partial charge in [0.25, 0.3) is 0 Å². The molecule has 0 radical (unpaired) electrons. The molecule has 2 heterocycles. The molecule has 25 heavy (non-hydrogen) atoms. The minimum Gasteiger partial charge on any atom is -0.463 e. The number of carbonyl (C=O) groups is 1. The number of esters is 1. The third-order valence-electron chi connectivity index (χ3n) is 6.50. The minimum atomic E-state index is -0.237. The molecule has 4 bridgehead atoms. The number of fused-ring (bicyclic) bond motifs is 1. The number of ether oxygens (including phenoxy) is 1. The van der Waals surface area contributed by atoms with Gasteiger partial charge in [-0.15, -0.1) is 5.10 Å². The van der Waals surface area contributed by atoms with Crippen LogP contribution in [-0.2, 0) is 16.1 Å². The van der Waals surface area contributed by atoms with Gasteiger partial charge in [0.15, 0.2) is 5.65 Å². The molecule has 4 aliphatic rings. The quantitative estimate of drug-likeness (QED) is 0.800. The van der Waals surface area contributed by atoms with Crippen molar-refractivity contribution in [1.82, 2.24) is 14.2 Å². The first-order valence-electron chi connectivity index (χ1n) is 9.34. The second-order valence-corrected chi connectivity index (χ2v) is 8.27. The van der Waals surface area contributed by atoms with E-state index < -0.39 is 0 Å². The summed E-state index contributed by atoms with van der Waals surface area (Å²) in [5.41, 5.74) is 0.180. The summed E-state index contributed by atoms with van der Waals surface area (Å²) in [6, 6.07) is 5.44. The van der Waals surface area contributed by atoms with Crippen LogP contribution in [0.15, 0.2) is 29.2 Å². The molecule has 0 saturated heterocycles. The Morgan fingerprint density at radius 2 is 1.84 bits per heavy atom. The Balaban J connectivity index is 1.26. The molecule has 4 aliphatic carbocycles. The van der Waals surface area contributed by atoms with E-state index >= 15 is 0 Å². The van der Waals surface area contributed by atoms with E-state index in [4.69, 9.17) is 4.74 Å². The van der Waals surface area contributed by atoms with Crippen molar-refractivity contribution in [2.75, 3.05) is 6.61 Å². The van der Waals surface area contributed by atoms with Gasteiger partial charge in [0, 0.05) is 6.20 Å². The Morgan fingerprint density at radius 1 is 1.16 bits per heavy atom. The summed E-state index contributed by atoms with van der Waals surface area (Å²) in [7, 11) is 0. The van der Waals surface area contributed by atoms with E-state index in [0.29, 0.717) is 12.2 Å². The van der Waals surface area contributed by atoms with E-state index in [0.717, 1.165) is 37.0 Å². The monoisotopic (exact) mass is 341 g/mol. The van der Waals surface area contributed by atoms with Crippen LogP contribution in [0.2, 0.25) is 0 Å². The van der Waals surface area contributed by atoms with Gasteiger partial charge in [-0.25, -0.2) is 9.48 Å². The van der Waals surface area contributed by atoms with Crippen molar-refractivity contribution in [3.8, 4) is 0 Å². The topological polar surface area (TPSA) is 65.6 Å². The number of nitrogens with zero attached hydrogens (tertiary/aromatic N) is 3. The first-order valence-corrected chi connectivity index (χ1v) is 9.34. The fraction of sp³-hybridized carbons (Fsp3) is 0.632. The lowest BCUT2D eigenvalue weighted by Gasteiger charge is -2.55. The van der Waals surface area contributed by atoms with Gasteiger partial charge in [-0.2, -0.15) is 0 Å². The molecule has 0 aliphatic heterocycles. The molecule has 0 N–H and O–H groups in total. The first kappa shape index (κ1) is 15.2. The molecule has 2 aromatic rings. The van der Waals surface area contributed by atoms with Gasteiger partial charge >= 0.3 is 11.7 Å². The molecule has 6 heteroatoms. The van der Waals surface area contributed by atoms with Crippen LogP contribution in [-0.4, -0.2) is 26.8 Å². The second kappa shape index (κ2) is 5.44. The molecule has 0 atom stereocenters. The summed E-state index contributed by atoms with van der Waals surface area (Å²) >= 11 is 0. The Kier molecular flexibility index (Phi) is 3.30. The van der Waals surface area contributed by atoms with Gasteiger partial charge in [-0.3, -0.25) is 9.20 Å². The fourth-order valence-electron chi connectivity index (χ4n) is 5.85. The number of pyridine rings is 1. The molecule has 6 nitrogen and oxygen atoms in total. The van der Waals surface area contributed by atoms with Crippen molar-refractivity contribution in [3.63, 3.8) is 0 Å². The number of aromatic nitrogens is 3. The standard InChI is InChI=1S/C19H23N3O3/c23-17(19-10-13-7-14(11-19)9-15(8-13)12-19)25-6-5-22-18(24)21-4-2-1-3-16(21)20-22/h1-4,13-15H,5-12H2. The van der Waals surface area contributed by atoms with Crippen molar-refractivity contribution in [2.45, 2.75) is 45.1 Å². The van der Waals surface area contributed by atoms with E-state index in [1.165, 1.54) is 28.3 Å². The lowest BCUT2D eigenvalue weighted by atomic mass is 9.49. The molecule has 0 unspecified atom stereocenters. The average molecular weight is 341 g/mol. The van der Waals surface area contributed by atoms with Gasteiger partial charge in [-0.1, -0.05) is 6.07 Å². The summed E-state index contributed by atoms with van der Waals surface area (Å²) in [4.78, 5) is 25.1. The van der Waals surface area contributed by atoms with Crippen LogP contribution in [0, 0.1) is 23.2 Å². The van der Waals surface area contributed by atoms with Crippen molar-refractivity contribution in [2.24, 2.45) is 23.2 Å². The molecule has 4 saturated carbocycles. The zero-order chi connectivity index (χ0) is 17.0. The summed E-state index contributed by atoms with van der Waals surface area (Å²) < 4.78 is 8.51. The highest BCUT2D eigenvalue weighted by molar-refractivity contribution is 5.77. The Bertz CT molecular complexity index is 846. The summed E-state index contributed by atoms with van der Waals surface area (Å²) in [6.07, 6.45) is 8.64.